The second-order valence-electron chi connectivity index (χ2n) is 6.97. The van der Waals surface area contributed by atoms with Crippen LogP contribution < -0.4 is 5.32 Å². The Hall–Kier alpha value is -2.88. The molecule has 26 heavy (non-hydrogen) atoms. The molecule has 0 saturated carbocycles. The molecule has 0 bridgehead atoms. The summed E-state index contributed by atoms with van der Waals surface area (Å²) in [5, 5.41) is 13.5. The van der Waals surface area contributed by atoms with Crippen LogP contribution >= 0.6 is 0 Å². The van der Waals surface area contributed by atoms with Crippen molar-refractivity contribution < 1.29 is 5.11 Å². The number of anilines is 1. The minimum Gasteiger partial charge on any atom is -0.508 e. The summed E-state index contributed by atoms with van der Waals surface area (Å²) in [6.45, 7) is 3.93. The third-order valence-corrected chi connectivity index (χ3v) is 5.03. The van der Waals surface area contributed by atoms with Gasteiger partial charge in [0, 0.05) is 11.6 Å². The Kier molecular flexibility index (Phi) is 4.33. The second kappa shape index (κ2) is 6.79. The number of nitrogens with zero attached hydrogens (tertiary/aromatic N) is 2. The molecule has 0 fully saturated rings. The molecular formula is C22H23N3O. The van der Waals surface area contributed by atoms with E-state index in [9.17, 15) is 5.11 Å². The summed E-state index contributed by atoms with van der Waals surface area (Å²) in [5.41, 5.74) is 5.63. The van der Waals surface area contributed by atoms with Crippen LogP contribution in [-0.4, -0.2) is 15.1 Å². The fourth-order valence-corrected chi connectivity index (χ4v) is 3.75. The van der Waals surface area contributed by atoms with Gasteiger partial charge in [0.05, 0.1) is 11.7 Å². The normalized spacial score (nSPS) is 16.2. The number of fused-ring (bicyclic) bond motifs is 1. The largest absolute Gasteiger partial charge is 0.508 e. The SMILES string of the molecule is Cc1nc(N[C@@H]2CCCc3ccccc32)cc(-c2cc(O)ccc2C)n1. The van der Waals surface area contributed by atoms with Crippen LogP contribution in [0.25, 0.3) is 11.3 Å². The quantitative estimate of drug-likeness (QED) is 0.705. The first-order valence-electron chi connectivity index (χ1n) is 9.10. The van der Waals surface area contributed by atoms with Gasteiger partial charge < -0.3 is 10.4 Å². The Balaban J connectivity index is 1.69. The van der Waals surface area contributed by atoms with Gasteiger partial charge in [-0.1, -0.05) is 30.3 Å². The average Bonchev–Trinajstić information content (AvgIpc) is 2.63. The summed E-state index contributed by atoms with van der Waals surface area (Å²) in [6, 6.07) is 16.3. The first-order valence-corrected chi connectivity index (χ1v) is 9.10. The van der Waals surface area contributed by atoms with E-state index in [0.717, 1.165) is 41.3 Å². The molecule has 1 heterocycles. The van der Waals surface area contributed by atoms with Gasteiger partial charge in [-0.25, -0.2) is 9.97 Å². The number of benzene rings is 2. The van der Waals surface area contributed by atoms with Gasteiger partial charge in [-0.15, -0.1) is 0 Å². The van der Waals surface area contributed by atoms with Crippen molar-refractivity contribution in [3.8, 4) is 17.0 Å². The first-order chi connectivity index (χ1) is 12.6. The van der Waals surface area contributed by atoms with Crippen molar-refractivity contribution in [3.05, 3.63) is 71.0 Å². The number of phenolic OH excluding ortho intramolecular Hbond substituents is 1. The summed E-state index contributed by atoms with van der Waals surface area (Å²) in [7, 11) is 0. The van der Waals surface area contributed by atoms with E-state index >= 15 is 0 Å². The Bertz CT molecular complexity index is 952. The maximum atomic E-state index is 9.85. The molecule has 0 amide bonds. The summed E-state index contributed by atoms with van der Waals surface area (Å²) >= 11 is 0. The van der Waals surface area contributed by atoms with Crippen molar-refractivity contribution >= 4 is 5.82 Å². The van der Waals surface area contributed by atoms with Crippen LogP contribution in [0.5, 0.6) is 5.75 Å². The molecule has 2 N–H and O–H groups in total. The molecule has 3 aromatic rings. The van der Waals surface area contributed by atoms with Gasteiger partial charge in [-0.3, -0.25) is 0 Å². The zero-order valence-corrected chi connectivity index (χ0v) is 15.2. The molecule has 2 aromatic carbocycles. The molecule has 4 rings (SSSR count). The molecule has 1 aliphatic rings. The minimum atomic E-state index is 0.248. The number of aromatic hydroxyl groups is 1. The van der Waals surface area contributed by atoms with Crippen molar-refractivity contribution in [1.29, 1.82) is 0 Å². The Morgan fingerprint density at radius 3 is 2.77 bits per heavy atom. The highest BCUT2D eigenvalue weighted by atomic mass is 16.3. The highest BCUT2D eigenvalue weighted by Crippen LogP contribution is 2.33. The molecular weight excluding hydrogens is 322 g/mol. The predicted octanol–water partition coefficient (Wildman–Crippen LogP) is 4.96. The summed E-state index contributed by atoms with van der Waals surface area (Å²) < 4.78 is 0. The number of aromatic nitrogens is 2. The summed E-state index contributed by atoms with van der Waals surface area (Å²) in [4.78, 5) is 9.17. The lowest BCUT2D eigenvalue weighted by molar-refractivity contribution is 0.475. The van der Waals surface area contributed by atoms with Gasteiger partial charge in [-0.2, -0.15) is 0 Å². The third kappa shape index (κ3) is 3.27. The smallest absolute Gasteiger partial charge is 0.130 e. The number of hydrogen-bond acceptors (Lipinski definition) is 4. The maximum absolute atomic E-state index is 9.85. The fraction of sp³-hybridized carbons (Fsp3) is 0.273. The Morgan fingerprint density at radius 1 is 1.04 bits per heavy atom. The molecule has 4 nitrogen and oxygen atoms in total. The molecule has 0 saturated heterocycles. The van der Waals surface area contributed by atoms with Gasteiger partial charge in [0.25, 0.3) is 0 Å². The standard InChI is InChI=1S/C22H23N3O/c1-14-10-11-17(26)12-19(14)21-13-22(24-15(2)23-21)25-20-9-5-7-16-6-3-4-8-18(16)20/h3-4,6,8,10-13,20,26H,5,7,9H2,1-2H3,(H,23,24,25)/t20-/m1/s1. The van der Waals surface area contributed by atoms with Crippen LogP contribution in [0.2, 0.25) is 0 Å². The van der Waals surface area contributed by atoms with E-state index in [2.05, 4.69) is 39.6 Å². The first kappa shape index (κ1) is 16.6. The molecule has 1 atom stereocenters. The summed E-state index contributed by atoms with van der Waals surface area (Å²) in [5.74, 6) is 1.80. The molecule has 4 heteroatoms. The lowest BCUT2D eigenvalue weighted by Crippen LogP contribution is -2.18. The molecule has 132 valence electrons. The van der Waals surface area contributed by atoms with Crippen LogP contribution in [0, 0.1) is 13.8 Å². The Labute approximate surface area is 154 Å². The summed E-state index contributed by atoms with van der Waals surface area (Å²) in [6.07, 6.45) is 3.42. The van der Waals surface area contributed by atoms with Gasteiger partial charge in [-0.05, 0) is 61.9 Å². The highest BCUT2D eigenvalue weighted by Gasteiger charge is 2.20. The zero-order chi connectivity index (χ0) is 18.1. The van der Waals surface area contributed by atoms with Gasteiger partial charge in [0.15, 0.2) is 0 Å². The molecule has 0 unspecified atom stereocenters. The van der Waals surface area contributed by atoms with Crippen molar-refractivity contribution in [3.63, 3.8) is 0 Å². The monoisotopic (exact) mass is 345 g/mol. The topological polar surface area (TPSA) is 58.0 Å². The molecule has 0 spiro atoms. The van der Waals surface area contributed by atoms with Crippen molar-refractivity contribution in [2.75, 3.05) is 5.32 Å². The van der Waals surface area contributed by atoms with Gasteiger partial charge in [0.1, 0.15) is 17.4 Å². The number of aryl methyl sites for hydroxylation is 3. The maximum Gasteiger partial charge on any atom is 0.130 e. The average molecular weight is 345 g/mol. The molecule has 0 radical (unpaired) electrons. The van der Waals surface area contributed by atoms with E-state index in [4.69, 9.17) is 0 Å². The lowest BCUT2D eigenvalue weighted by Gasteiger charge is -2.27. The molecule has 1 aromatic heterocycles. The minimum absolute atomic E-state index is 0.248. The number of nitrogens with one attached hydrogen (secondary N) is 1. The van der Waals surface area contributed by atoms with Crippen LogP contribution in [0.1, 0.15) is 41.4 Å². The third-order valence-electron chi connectivity index (χ3n) is 5.03. The lowest BCUT2D eigenvalue weighted by atomic mass is 9.88. The van der Waals surface area contributed by atoms with Crippen LogP contribution in [-0.2, 0) is 6.42 Å². The number of phenols is 1. The second-order valence-corrected chi connectivity index (χ2v) is 6.97. The Morgan fingerprint density at radius 2 is 1.88 bits per heavy atom. The van der Waals surface area contributed by atoms with E-state index in [1.54, 1.807) is 12.1 Å². The van der Waals surface area contributed by atoms with E-state index in [1.165, 1.54) is 17.5 Å². The van der Waals surface area contributed by atoms with Crippen molar-refractivity contribution in [1.82, 2.24) is 9.97 Å². The number of hydrogen-bond donors (Lipinski definition) is 2. The van der Waals surface area contributed by atoms with Crippen molar-refractivity contribution in [2.24, 2.45) is 0 Å². The van der Waals surface area contributed by atoms with Crippen LogP contribution in [0.15, 0.2) is 48.5 Å². The highest BCUT2D eigenvalue weighted by molar-refractivity contribution is 5.67. The van der Waals surface area contributed by atoms with Gasteiger partial charge in [0.2, 0.25) is 0 Å². The van der Waals surface area contributed by atoms with E-state index in [0.29, 0.717) is 0 Å². The van der Waals surface area contributed by atoms with Crippen molar-refractivity contribution in [2.45, 2.75) is 39.2 Å². The zero-order valence-electron chi connectivity index (χ0n) is 15.2. The van der Waals surface area contributed by atoms with E-state index < -0.39 is 0 Å². The van der Waals surface area contributed by atoms with Crippen LogP contribution in [0.3, 0.4) is 0 Å². The van der Waals surface area contributed by atoms with Gasteiger partial charge >= 0.3 is 0 Å². The van der Waals surface area contributed by atoms with Crippen LogP contribution in [0.4, 0.5) is 5.82 Å². The predicted molar refractivity (Wildman–Crippen MR) is 104 cm³/mol. The number of rotatable bonds is 3. The van der Waals surface area contributed by atoms with E-state index in [1.807, 2.05) is 26.0 Å². The molecule has 1 aliphatic carbocycles. The van der Waals surface area contributed by atoms with E-state index in [-0.39, 0.29) is 11.8 Å². The molecule has 0 aliphatic heterocycles. The fourth-order valence-electron chi connectivity index (χ4n) is 3.75.